The first kappa shape index (κ1) is 14.1. The van der Waals surface area contributed by atoms with Gasteiger partial charge < -0.3 is 9.14 Å². The molecule has 0 N–H and O–H groups in total. The van der Waals surface area contributed by atoms with Gasteiger partial charge in [0.2, 0.25) is 0 Å². The lowest BCUT2D eigenvalue weighted by Gasteiger charge is -2.19. The van der Waals surface area contributed by atoms with Crippen molar-refractivity contribution >= 4 is 21.5 Å². The molecule has 0 bridgehead atoms. The van der Waals surface area contributed by atoms with Gasteiger partial charge in [0, 0.05) is 18.3 Å². The fourth-order valence-corrected chi connectivity index (χ4v) is 4.12. The lowest BCUT2D eigenvalue weighted by Crippen LogP contribution is -2.22. The minimum absolute atomic E-state index is 0.162. The fourth-order valence-electron chi connectivity index (χ4n) is 2.63. The molecule has 0 saturated carbocycles. The average molecular weight is 308 g/mol. The predicted octanol–water partition coefficient (Wildman–Crippen LogP) is 1.41. The van der Waals surface area contributed by atoms with Crippen molar-refractivity contribution in [3.8, 4) is 0 Å². The van der Waals surface area contributed by atoms with Gasteiger partial charge in [-0.15, -0.1) is 0 Å². The molecule has 1 aliphatic rings. The monoisotopic (exact) mass is 308 g/mol. The predicted molar refractivity (Wildman–Crippen MR) is 77.2 cm³/mol. The molecule has 0 atom stereocenters. The van der Waals surface area contributed by atoms with Gasteiger partial charge in [-0.25, -0.2) is 18.2 Å². The lowest BCUT2D eigenvalue weighted by atomic mass is 10.00. The largest absolute Gasteiger partial charge is 0.465 e. The first-order valence-electron chi connectivity index (χ1n) is 6.76. The van der Waals surface area contributed by atoms with Gasteiger partial charge in [0.1, 0.15) is 15.5 Å². The molecule has 21 heavy (non-hydrogen) atoms. The highest BCUT2D eigenvalue weighted by Crippen LogP contribution is 2.28. The van der Waals surface area contributed by atoms with Crippen LogP contribution in [0, 0.1) is 0 Å². The van der Waals surface area contributed by atoms with E-state index >= 15 is 0 Å². The Morgan fingerprint density at radius 2 is 2.00 bits per heavy atom. The number of carbonyl (C=O) groups is 1. The standard InChI is InChI=1S/C14H16N2O4S/c1-20-14(17)11-2-3-13-15-12(9-16(13)8-11)10-4-6-21(18,19)7-5-10/h2-3,8-10H,4-7H2,1H3. The van der Waals surface area contributed by atoms with Crippen LogP contribution in [0.15, 0.2) is 24.5 Å². The molecule has 0 aliphatic carbocycles. The summed E-state index contributed by atoms with van der Waals surface area (Å²) in [5, 5.41) is 0. The summed E-state index contributed by atoms with van der Waals surface area (Å²) in [6.07, 6.45) is 4.76. The number of aromatic nitrogens is 2. The van der Waals surface area contributed by atoms with E-state index in [1.54, 1.807) is 22.7 Å². The van der Waals surface area contributed by atoms with Gasteiger partial charge in [-0.2, -0.15) is 0 Å². The van der Waals surface area contributed by atoms with Gasteiger partial charge >= 0.3 is 5.97 Å². The van der Waals surface area contributed by atoms with Crippen LogP contribution in [0.25, 0.3) is 5.65 Å². The number of rotatable bonds is 2. The molecule has 112 valence electrons. The number of methoxy groups -OCH3 is 1. The topological polar surface area (TPSA) is 77.7 Å². The maximum atomic E-state index is 11.5. The summed E-state index contributed by atoms with van der Waals surface area (Å²) < 4.78 is 29.4. The van der Waals surface area contributed by atoms with E-state index in [1.165, 1.54) is 7.11 Å². The summed E-state index contributed by atoms with van der Waals surface area (Å²) in [5.74, 6) is 0.212. The minimum Gasteiger partial charge on any atom is -0.465 e. The van der Waals surface area contributed by atoms with E-state index in [1.807, 2.05) is 6.20 Å². The lowest BCUT2D eigenvalue weighted by molar-refractivity contribution is 0.0600. The summed E-state index contributed by atoms with van der Waals surface area (Å²) in [4.78, 5) is 16.0. The summed E-state index contributed by atoms with van der Waals surface area (Å²) in [6, 6.07) is 3.43. The maximum absolute atomic E-state index is 11.5. The molecule has 0 radical (unpaired) electrons. The van der Waals surface area contributed by atoms with E-state index in [0.29, 0.717) is 18.4 Å². The summed E-state index contributed by atoms with van der Waals surface area (Å²) in [6.45, 7) is 0. The highest BCUT2D eigenvalue weighted by atomic mass is 32.2. The van der Waals surface area contributed by atoms with E-state index in [0.717, 1.165) is 11.3 Å². The smallest absolute Gasteiger partial charge is 0.339 e. The number of esters is 1. The van der Waals surface area contributed by atoms with Gasteiger partial charge in [-0.05, 0) is 25.0 Å². The van der Waals surface area contributed by atoms with Crippen LogP contribution in [0.1, 0.15) is 34.8 Å². The number of ether oxygens (including phenoxy) is 1. The normalized spacial score (nSPS) is 18.7. The third-order valence-electron chi connectivity index (χ3n) is 3.86. The van der Waals surface area contributed by atoms with Crippen molar-refractivity contribution in [1.82, 2.24) is 9.38 Å². The zero-order valence-corrected chi connectivity index (χ0v) is 12.5. The quantitative estimate of drug-likeness (QED) is 0.784. The molecule has 0 spiro atoms. The second-order valence-corrected chi connectivity index (χ2v) is 7.57. The number of hydrogen-bond acceptors (Lipinski definition) is 5. The average Bonchev–Trinajstić information content (AvgIpc) is 2.89. The van der Waals surface area contributed by atoms with Crippen molar-refractivity contribution in [3.05, 3.63) is 35.8 Å². The summed E-state index contributed by atoms with van der Waals surface area (Å²) in [7, 11) is -1.53. The van der Waals surface area contributed by atoms with E-state index < -0.39 is 15.8 Å². The number of hydrogen-bond donors (Lipinski definition) is 0. The number of nitrogens with zero attached hydrogens (tertiary/aromatic N) is 2. The number of sulfone groups is 1. The Balaban J connectivity index is 1.89. The van der Waals surface area contributed by atoms with E-state index in [9.17, 15) is 13.2 Å². The number of imidazole rings is 1. The zero-order valence-electron chi connectivity index (χ0n) is 11.7. The van der Waals surface area contributed by atoms with E-state index in [4.69, 9.17) is 4.74 Å². The molecule has 2 aromatic rings. The molecule has 1 aliphatic heterocycles. The number of fused-ring (bicyclic) bond motifs is 1. The molecule has 3 rings (SSSR count). The second-order valence-electron chi connectivity index (χ2n) is 5.27. The molecule has 1 saturated heterocycles. The Bertz CT molecular complexity index is 780. The van der Waals surface area contributed by atoms with Gasteiger partial charge in [0.25, 0.3) is 0 Å². The Labute approximate surface area is 122 Å². The molecule has 7 heteroatoms. The van der Waals surface area contributed by atoms with Gasteiger partial charge in [0.15, 0.2) is 0 Å². The third-order valence-corrected chi connectivity index (χ3v) is 5.58. The van der Waals surface area contributed by atoms with Crippen LogP contribution in [0.5, 0.6) is 0 Å². The van der Waals surface area contributed by atoms with Crippen LogP contribution in [0.4, 0.5) is 0 Å². The minimum atomic E-state index is -2.87. The van der Waals surface area contributed by atoms with Crippen molar-refractivity contribution in [2.45, 2.75) is 18.8 Å². The van der Waals surface area contributed by atoms with Crippen molar-refractivity contribution in [1.29, 1.82) is 0 Å². The summed E-state index contributed by atoms with van der Waals surface area (Å²) in [5.41, 5.74) is 2.08. The molecule has 0 amide bonds. The Kier molecular flexibility index (Phi) is 3.44. The summed E-state index contributed by atoms with van der Waals surface area (Å²) >= 11 is 0. The van der Waals surface area contributed by atoms with Gasteiger partial charge in [-0.3, -0.25) is 0 Å². The number of pyridine rings is 1. The van der Waals surface area contributed by atoms with Crippen LogP contribution < -0.4 is 0 Å². The molecule has 2 aromatic heterocycles. The molecule has 0 unspecified atom stereocenters. The second kappa shape index (κ2) is 5.14. The van der Waals surface area contributed by atoms with E-state index in [-0.39, 0.29) is 17.4 Å². The molecule has 0 aromatic carbocycles. The van der Waals surface area contributed by atoms with Crippen LogP contribution in [-0.2, 0) is 14.6 Å². The van der Waals surface area contributed by atoms with Crippen LogP contribution in [-0.4, -0.2) is 42.4 Å². The van der Waals surface area contributed by atoms with Crippen LogP contribution in [0.2, 0.25) is 0 Å². The number of carbonyl (C=O) groups excluding carboxylic acids is 1. The molecular formula is C14H16N2O4S. The maximum Gasteiger partial charge on any atom is 0.339 e. The molecular weight excluding hydrogens is 292 g/mol. The first-order chi connectivity index (χ1) is 9.98. The Hall–Kier alpha value is -1.89. The van der Waals surface area contributed by atoms with Crippen molar-refractivity contribution in [3.63, 3.8) is 0 Å². The molecule has 6 nitrogen and oxygen atoms in total. The first-order valence-corrected chi connectivity index (χ1v) is 8.58. The van der Waals surface area contributed by atoms with Crippen molar-refractivity contribution in [2.24, 2.45) is 0 Å². The Morgan fingerprint density at radius 3 is 2.67 bits per heavy atom. The third kappa shape index (κ3) is 2.78. The van der Waals surface area contributed by atoms with Gasteiger partial charge in [0.05, 0.1) is 29.9 Å². The highest BCUT2D eigenvalue weighted by molar-refractivity contribution is 7.91. The van der Waals surface area contributed by atoms with Crippen LogP contribution in [0.3, 0.4) is 0 Å². The molecule has 1 fully saturated rings. The molecule has 3 heterocycles. The van der Waals surface area contributed by atoms with Gasteiger partial charge in [-0.1, -0.05) is 0 Å². The van der Waals surface area contributed by atoms with Crippen molar-refractivity contribution in [2.75, 3.05) is 18.6 Å². The fraction of sp³-hybridized carbons (Fsp3) is 0.429. The van der Waals surface area contributed by atoms with Crippen molar-refractivity contribution < 1.29 is 17.9 Å². The zero-order chi connectivity index (χ0) is 15.0. The van der Waals surface area contributed by atoms with Crippen LogP contribution >= 0.6 is 0 Å². The highest BCUT2D eigenvalue weighted by Gasteiger charge is 2.26. The SMILES string of the molecule is COC(=O)c1ccc2nc(C3CCS(=O)(=O)CC3)cn2c1. The Morgan fingerprint density at radius 1 is 1.29 bits per heavy atom. The van der Waals surface area contributed by atoms with E-state index in [2.05, 4.69) is 4.98 Å².